The predicted molar refractivity (Wildman–Crippen MR) is 86.4 cm³/mol. The molecule has 0 saturated carbocycles. The fraction of sp³-hybridized carbons (Fsp3) is 0.188. The molecular weight excluding hydrogens is 307 g/mol. The third-order valence-electron chi connectivity index (χ3n) is 3.07. The van der Waals surface area contributed by atoms with Crippen molar-refractivity contribution < 1.29 is 4.74 Å². The van der Waals surface area contributed by atoms with Crippen LogP contribution in [0.15, 0.2) is 36.4 Å². The summed E-state index contributed by atoms with van der Waals surface area (Å²) in [7, 11) is 1.60. The first-order chi connectivity index (χ1) is 10.1. The van der Waals surface area contributed by atoms with Gasteiger partial charge in [-0.05, 0) is 36.2 Å². The molecule has 108 valence electrons. The number of methoxy groups -OCH3 is 1. The standard InChI is InChI=1S/C16H14Cl2N2O/c1-21-14-5-3-12(10-19)16(9-14)20-7-6-11-2-4-13(17)8-15(11)18/h2-5,8-9,20H,6-7H2,1H3. The maximum Gasteiger partial charge on any atom is 0.121 e. The van der Waals surface area contributed by atoms with Crippen molar-refractivity contribution in [3.05, 3.63) is 57.6 Å². The van der Waals surface area contributed by atoms with Gasteiger partial charge in [-0.25, -0.2) is 0 Å². The van der Waals surface area contributed by atoms with E-state index in [0.29, 0.717) is 27.9 Å². The molecule has 0 aliphatic carbocycles. The lowest BCUT2D eigenvalue weighted by atomic mass is 10.1. The van der Waals surface area contributed by atoms with Crippen molar-refractivity contribution in [3.8, 4) is 11.8 Å². The van der Waals surface area contributed by atoms with Crippen molar-refractivity contribution in [3.63, 3.8) is 0 Å². The van der Waals surface area contributed by atoms with Gasteiger partial charge in [-0.2, -0.15) is 5.26 Å². The SMILES string of the molecule is COc1ccc(C#N)c(NCCc2ccc(Cl)cc2Cl)c1. The molecular formula is C16H14Cl2N2O. The van der Waals surface area contributed by atoms with Gasteiger partial charge in [-0.3, -0.25) is 0 Å². The number of nitrogens with one attached hydrogen (secondary N) is 1. The Kier molecular flexibility index (Phi) is 5.32. The van der Waals surface area contributed by atoms with E-state index in [1.54, 1.807) is 25.3 Å². The van der Waals surface area contributed by atoms with Crippen LogP contribution in [0.25, 0.3) is 0 Å². The van der Waals surface area contributed by atoms with Crippen LogP contribution in [-0.4, -0.2) is 13.7 Å². The van der Waals surface area contributed by atoms with E-state index in [1.165, 1.54) is 0 Å². The largest absolute Gasteiger partial charge is 0.497 e. The highest BCUT2D eigenvalue weighted by atomic mass is 35.5. The number of nitrogens with zero attached hydrogens (tertiary/aromatic N) is 1. The summed E-state index contributed by atoms with van der Waals surface area (Å²) in [6.45, 7) is 0.656. The van der Waals surface area contributed by atoms with Crippen LogP contribution in [0.3, 0.4) is 0 Å². The van der Waals surface area contributed by atoms with Crippen molar-refractivity contribution in [2.24, 2.45) is 0 Å². The highest BCUT2D eigenvalue weighted by molar-refractivity contribution is 6.35. The van der Waals surface area contributed by atoms with Crippen molar-refractivity contribution in [1.29, 1.82) is 5.26 Å². The van der Waals surface area contributed by atoms with Crippen molar-refractivity contribution in [2.45, 2.75) is 6.42 Å². The van der Waals surface area contributed by atoms with Crippen molar-refractivity contribution >= 4 is 28.9 Å². The molecule has 0 unspecified atom stereocenters. The molecule has 0 spiro atoms. The maximum absolute atomic E-state index is 9.11. The number of anilines is 1. The summed E-state index contributed by atoms with van der Waals surface area (Å²) < 4.78 is 5.17. The van der Waals surface area contributed by atoms with E-state index < -0.39 is 0 Å². The Hall–Kier alpha value is -1.89. The first kappa shape index (κ1) is 15.5. The number of halogens is 2. The summed E-state index contributed by atoms with van der Waals surface area (Å²) in [5.41, 5.74) is 2.34. The van der Waals surface area contributed by atoms with E-state index in [0.717, 1.165) is 17.7 Å². The zero-order valence-corrected chi connectivity index (χ0v) is 13.0. The van der Waals surface area contributed by atoms with E-state index in [9.17, 15) is 0 Å². The molecule has 0 aliphatic rings. The predicted octanol–water partition coefficient (Wildman–Crippen LogP) is 4.53. The van der Waals surface area contributed by atoms with Crippen LogP contribution in [0.2, 0.25) is 10.0 Å². The second-order valence-corrected chi connectivity index (χ2v) is 5.28. The molecule has 21 heavy (non-hydrogen) atoms. The number of rotatable bonds is 5. The maximum atomic E-state index is 9.11. The second-order valence-electron chi connectivity index (χ2n) is 4.44. The van der Waals surface area contributed by atoms with Crippen LogP contribution in [0.5, 0.6) is 5.75 Å². The van der Waals surface area contributed by atoms with Crippen LogP contribution >= 0.6 is 23.2 Å². The van der Waals surface area contributed by atoms with E-state index >= 15 is 0 Å². The van der Waals surface area contributed by atoms with Crippen LogP contribution in [-0.2, 0) is 6.42 Å². The molecule has 0 atom stereocenters. The van der Waals surface area contributed by atoms with E-state index in [-0.39, 0.29) is 0 Å². The highest BCUT2D eigenvalue weighted by Crippen LogP contribution is 2.23. The molecule has 2 aromatic rings. The van der Waals surface area contributed by atoms with Crippen LogP contribution in [0.1, 0.15) is 11.1 Å². The van der Waals surface area contributed by atoms with E-state index in [4.69, 9.17) is 33.2 Å². The molecule has 2 rings (SSSR count). The second kappa shape index (κ2) is 7.21. The third-order valence-corrected chi connectivity index (χ3v) is 3.66. The molecule has 0 fully saturated rings. The number of hydrogen-bond donors (Lipinski definition) is 1. The molecule has 5 heteroatoms. The molecule has 3 nitrogen and oxygen atoms in total. The van der Waals surface area contributed by atoms with Gasteiger partial charge >= 0.3 is 0 Å². The first-order valence-corrected chi connectivity index (χ1v) is 7.15. The quantitative estimate of drug-likeness (QED) is 0.880. The topological polar surface area (TPSA) is 45.0 Å². The van der Waals surface area contributed by atoms with Crippen LogP contribution in [0.4, 0.5) is 5.69 Å². The molecule has 0 aliphatic heterocycles. The molecule has 0 saturated heterocycles. The van der Waals surface area contributed by atoms with Gasteiger partial charge in [0.1, 0.15) is 11.8 Å². The third kappa shape index (κ3) is 4.04. The molecule has 1 N–H and O–H groups in total. The zero-order chi connectivity index (χ0) is 15.2. The highest BCUT2D eigenvalue weighted by Gasteiger charge is 2.05. The lowest BCUT2D eigenvalue weighted by Crippen LogP contribution is -2.06. The average Bonchev–Trinajstić information content (AvgIpc) is 2.49. The Morgan fingerprint density at radius 2 is 2.00 bits per heavy atom. The lowest BCUT2D eigenvalue weighted by molar-refractivity contribution is 0.415. The van der Waals surface area contributed by atoms with Gasteiger partial charge in [0.15, 0.2) is 0 Å². The van der Waals surface area contributed by atoms with Gasteiger partial charge in [0.2, 0.25) is 0 Å². The lowest BCUT2D eigenvalue weighted by Gasteiger charge is -2.11. The van der Waals surface area contributed by atoms with Gasteiger partial charge in [-0.15, -0.1) is 0 Å². The molecule has 0 bridgehead atoms. The minimum atomic E-state index is 0.581. The van der Waals surface area contributed by atoms with E-state index in [1.807, 2.05) is 18.2 Å². The summed E-state index contributed by atoms with van der Waals surface area (Å²) in [4.78, 5) is 0. The fourth-order valence-corrected chi connectivity index (χ4v) is 2.45. The molecule has 0 amide bonds. The molecule has 0 radical (unpaired) electrons. The van der Waals surface area contributed by atoms with Gasteiger partial charge < -0.3 is 10.1 Å². The summed E-state index contributed by atoms with van der Waals surface area (Å²) in [5.74, 6) is 0.709. The zero-order valence-electron chi connectivity index (χ0n) is 11.5. The Labute approximate surface area is 134 Å². The minimum absolute atomic E-state index is 0.581. The first-order valence-electron chi connectivity index (χ1n) is 6.40. The number of benzene rings is 2. The number of hydrogen-bond acceptors (Lipinski definition) is 3. The summed E-state index contributed by atoms with van der Waals surface area (Å²) in [6, 6.07) is 12.9. The fourth-order valence-electron chi connectivity index (χ4n) is 1.95. The van der Waals surface area contributed by atoms with Gasteiger partial charge in [0, 0.05) is 22.7 Å². The van der Waals surface area contributed by atoms with Gasteiger partial charge in [0.05, 0.1) is 18.4 Å². The Morgan fingerprint density at radius 3 is 2.67 bits per heavy atom. The number of nitriles is 1. The number of ether oxygens (including phenoxy) is 1. The molecule has 0 aromatic heterocycles. The smallest absolute Gasteiger partial charge is 0.121 e. The molecule has 2 aromatic carbocycles. The van der Waals surface area contributed by atoms with Crippen molar-refractivity contribution in [2.75, 3.05) is 19.0 Å². The van der Waals surface area contributed by atoms with E-state index in [2.05, 4.69) is 11.4 Å². The minimum Gasteiger partial charge on any atom is -0.497 e. The van der Waals surface area contributed by atoms with Crippen LogP contribution in [0, 0.1) is 11.3 Å². The Bertz CT molecular complexity index is 680. The Morgan fingerprint density at radius 1 is 1.19 bits per heavy atom. The summed E-state index contributed by atoms with van der Waals surface area (Å²) in [6.07, 6.45) is 0.734. The van der Waals surface area contributed by atoms with Gasteiger partial charge in [0.25, 0.3) is 0 Å². The van der Waals surface area contributed by atoms with Crippen molar-refractivity contribution in [1.82, 2.24) is 0 Å². The van der Waals surface area contributed by atoms with Gasteiger partial charge in [-0.1, -0.05) is 29.3 Å². The molecule has 0 heterocycles. The van der Waals surface area contributed by atoms with Crippen LogP contribution < -0.4 is 10.1 Å². The normalized spacial score (nSPS) is 10.0. The average molecular weight is 321 g/mol. The summed E-state index contributed by atoms with van der Waals surface area (Å²) >= 11 is 12.0. The summed E-state index contributed by atoms with van der Waals surface area (Å²) in [5, 5.41) is 13.6. The Balaban J connectivity index is 2.05. The monoisotopic (exact) mass is 320 g/mol.